The monoisotopic (exact) mass is 599 g/mol. The van der Waals surface area contributed by atoms with E-state index in [2.05, 4.69) is 5.32 Å². The maximum atomic E-state index is 13.8. The lowest BCUT2D eigenvalue weighted by Crippen LogP contribution is -2.51. The van der Waals surface area contributed by atoms with Crippen molar-refractivity contribution in [1.29, 1.82) is 0 Å². The van der Waals surface area contributed by atoms with Crippen LogP contribution in [0.15, 0.2) is 78.9 Å². The third kappa shape index (κ3) is 9.79. The van der Waals surface area contributed by atoms with Gasteiger partial charge in [-0.05, 0) is 55.7 Å². The number of nitrogens with one attached hydrogen (secondary N) is 1. The van der Waals surface area contributed by atoms with Crippen molar-refractivity contribution in [3.8, 4) is 5.75 Å². The number of benzene rings is 3. The SMILES string of the molecule is COc1cccc(N(CCCC(=O)N(Cc2cccc(Cl)c2)[C@H](Cc2ccccc2)C(=O)NC(C)C)S(C)(=O)=O)c1. The zero-order valence-corrected chi connectivity index (χ0v) is 25.5. The van der Waals surface area contributed by atoms with Crippen molar-refractivity contribution >= 4 is 39.1 Å². The molecule has 8 nitrogen and oxygen atoms in total. The number of carbonyl (C=O) groups is 2. The Morgan fingerprint density at radius 2 is 1.63 bits per heavy atom. The van der Waals surface area contributed by atoms with E-state index in [0.29, 0.717) is 22.9 Å². The highest BCUT2D eigenvalue weighted by Crippen LogP contribution is 2.24. The maximum Gasteiger partial charge on any atom is 0.243 e. The summed E-state index contributed by atoms with van der Waals surface area (Å²) in [5.41, 5.74) is 2.16. The topological polar surface area (TPSA) is 96.0 Å². The molecule has 0 aliphatic carbocycles. The number of hydrogen-bond donors (Lipinski definition) is 1. The van der Waals surface area contributed by atoms with Crippen molar-refractivity contribution in [2.24, 2.45) is 0 Å². The van der Waals surface area contributed by atoms with Crippen molar-refractivity contribution in [1.82, 2.24) is 10.2 Å². The molecule has 41 heavy (non-hydrogen) atoms. The Balaban J connectivity index is 1.88. The number of amides is 2. The van der Waals surface area contributed by atoms with Crippen LogP contribution in [0.1, 0.15) is 37.8 Å². The standard InChI is InChI=1S/C31H38ClN3O5S/c1-23(2)33-31(37)29(20-24-11-6-5-7-12-24)34(22-25-13-8-14-26(32)19-25)30(36)17-10-18-35(41(4,38)39)27-15-9-16-28(21-27)40-3/h5-9,11-16,19,21,23,29H,10,17-18,20,22H2,1-4H3,(H,33,37)/t29-/m1/s1. The minimum atomic E-state index is -3.62. The Morgan fingerprint density at radius 1 is 0.951 bits per heavy atom. The van der Waals surface area contributed by atoms with E-state index in [4.69, 9.17) is 16.3 Å². The minimum absolute atomic E-state index is 0.0385. The van der Waals surface area contributed by atoms with E-state index in [-0.39, 0.29) is 43.8 Å². The molecule has 220 valence electrons. The molecule has 0 spiro atoms. The molecule has 3 aromatic rings. The molecule has 1 N–H and O–H groups in total. The van der Waals surface area contributed by atoms with Crippen LogP contribution in [0.2, 0.25) is 5.02 Å². The van der Waals surface area contributed by atoms with Gasteiger partial charge in [0, 0.05) is 43.1 Å². The number of sulfonamides is 1. The highest BCUT2D eigenvalue weighted by Gasteiger charge is 2.31. The van der Waals surface area contributed by atoms with Gasteiger partial charge < -0.3 is 15.0 Å². The molecule has 3 aromatic carbocycles. The average molecular weight is 600 g/mol. The van der Waals surface area contributed by atoms with E-state index in [9.17, 15) is 18.0 Å². The fourth-order valence-electron chi connectivity index (χ4n) is 4.54. The number of anilines is 1. The molecule has 0 fully saturated rings. The third-order valence-electron chi connectivity index (χ3n) is 6.44. The molecule has 0 saturated heterocycles. The van der Waals surface area contributed by atoms with Crippen LogP contribution in [0.25, 0.3) is 0 Å². The number of carbonyl (C=O) groups excluding carboxylic acids is 2. The summed E-state index contributed by atoms with van der Waals surface area (Å²) in [7, 11) is -2.11. The molecular formula is C31H38ClN3O5S. The largest absolute Gasteiger partial charge is 0.497 e. The van der Waals surface area contributed by atoms with E-state index in [1.807, 2.05) is 50.2 Å². The molecule has 0 heterocycles. The molecule has 0 aliphatic heterocycles. The predicted molar refractivity (Wildman–Crippen MR) is 164 cm³/mol. The van der Waals surface area contributed by atoms with E-state index >= 15 is 0 Å². The second-order valence-corrected chi connectivity index (χ2v) is 12.5. The fourth-order valence-corrected chi connectivity index (χ4v) is 5.71. The van der Waals surface area contributed by atoms with Gasteiger partial charge in [0.15, 0.2) is 0 Å². The summed E-state index contributed by atoms with van der Waals surface area (Å²) in [5, 5.41) is 3.49. The molecule has 0 radical (unpaired) electrons. The lowest BCUT2D eigenvalue weighted by atomic mass is 10.0. The van der Waals surface area contributed by atoms with Gasteiger partial charge in [-0.25, -0.2) is 8.42 Å². The summed E-state index contributed by atoms with van der Waals surface area (Å²) in [5.74, 6) is 0.0112. The zero-order chi connectivity index (χ0) is 30.0. The molecule has 3 rings (SSSR count). The number of nitrogens with zero attached hydrogens (tertiary/aromatic N) is 2. The van der Waals surface area contributed by atoms with Crippen molar-refractivity contribution in [3.63, 3.8) is 0 Å². The maximum absolute atomic E-state index is 13.8. The van der Waals surface area contributed by atoms with Crippen LogP contribution in [-0.4, -0.2) is 57.1 Å². The zero-order valence-electron chi connectivity index (χ0n) is 23.9. The van der Waals surface area contributed by atoms with Crippen molar-refractivity contribution < 1.29 is 22.7 Å². The molecule has 0 saturated carbocycles. The van der Waals surface area contributed by atoms with Crippen molar-refractivity contribution in [3.05, 3.63) is 95.0 Å². The van der Waals surface area contributed by atoms with Crippen LogP contribution in [0, 0.1) is 0 Å². The van der Waals surface area contributed by atoms with Gasteiger partial charge in [-0.2, -0.15) is 0 Å². The Bertz CT molecular complexity index is 1420. The van der Waals surface area contributed by atoms with E-state index in [1.165, 1.54) is 11.4 Å². The van der Waals surface area contributed by atoms with Gasteiger partial charge >= 0.3 is 0 Å². The van der Waals surface area contributed by atoms with Gasteiger partial charge in [0.25, 0.3) is 0 Å². The fraction of sp³-hybridized carbons (Fsp3) is 0.355. The van der Waals surface area contributed by atoms with Crippen LogP contribution >= 0.6 is 11.6 Å². The number of methoxy groups -OCH3 is 1. The first-order chi connectivity index (χ1) is 19.5. The van der Waals surface area contributed by atoms with Crippen LogP contribution in [0.3, 0.4) is 0 Å². The molecule has 1 atom stereocenters. The van der Waals surface area contributed by atoms with Crippen LogP contribution in [-0.2, 0) is 32.6 Å². The van der Waals surface area contributed by atoms with Gasteiger partial charge in [-0.3, -0.25) is 13.9 Å². The number of halogens is 1. The molecule has 0 aromatic heterocycles. The third-order valence-corrected chi connectivity index (χ3v) is 7.87. The highest BCUT2D eigenvalue weighted by molar-refractivity contribution is 7.92. The Kier molecular flexibility index (Phi) is 11.6. The van der Waals surface area contributed by atoms with Crippen molar-refractivity contribution in [2.45, 2.75) is 51.7 Å². The first-order valence-corrected chi connectivity index (χ1v) is 15.7. The van der Waals surface area contributed by atoms with Gasteiger partial charge in [0.1, 0.15) is 11.8 Å². The number of hydrogen-bond acceptors (Lipinski definition) is 5. The quantitative estimate of drug-likeness (QED) is 0.279. The molecule has 0 unspecified atom stereocenters. The summed E-state index contributed by atoms with van der Waals surface area (Å²) >= 11 is 6.24. The molecule has 0 bridgehead atoms. The average Bonchev–Trinajstić information content (AvgIpc) is 2.92. The second kappa shape index (κ2) is 14.9. The van der Waals surface area contributed by atoms with Crippen molar-refractivity contribution in [2.75, 3.05) is 24.2 Å². The molecule has 10 heteroatoms. The Hall–Kier alpha value is -3.56. The first kappa shape index (κ1) is 32.0. The van der Waals surface area contributed by atoms with Crippen LogP contribution < -0.4 is 14.4 Å². The molecule has 0 aliphatic rings. The minimum Gasteiger partial charge on any atom is -0.497 e. The Labute approximate surface area is 248 Å². The summed E-state index contributed by atoms with van der Waals surface area (Å²) < 4.78 is 31.8. The second-order valence-electron chi connectivity index (χ2n) is 10.2. The number of ether oxygens (including phenoxy) is 1. The predicted octanol–water partition coefficient (Wildman–Crippen LogP) is 5.06. The summed E-state index contributed by atoms with van der Waals surface area (Å²) in [6, 6.07) is 22.6. The first-order valence-electron chi connectivity index (χ1n) is 13.5. The van der Waals surface area contributed by atoms with Gasteiger partial charge in [0.2, 0.25) is 21.8 Å². The Morgan fingerprint density at radius 3 is 2.27 bits per heavy atom. The van der Waals surface area contributed by atoms with E-state index < -0.39 is 16.1 Å². The summed E-state index contributed by atoms with van der Waals surface area (Å²) in [4.78, 5) is 28.9. The lowest BCUT2D eigenvalue weighted by Gasteiger charge is -2.32. The highest BCUT2D eigenvalue weighted by atomic mass is 35.5. The molecular weight excluding hydrogens is 562 g/mol. The number of rotatable bonds is 14. The van der Waals surface area contributed by atoms with E-state index in [1.54, 1.807) is 47.4 Å². The van der Waals surface area contributed by atoms with Gasteiger partial charge in [-0.15, -0.1) is 0 Å². The van der Waals surface area contributed by atoms with E-state index in [0.717, 1.165) is 17.4 Å². The van der Waals surface area contributed by atoms with Crippen LogP contribution in [0.5, 0.6) is 5.75 Å². The normalized spacial score (nSPS) is 12.0. The van der Waals surface area contributed by atoms with Gasteiger partial charge in [-0.1, -0.05) is 60.1 Å². The van der Waals surface area contributed by atoms with Gasteiger partial charge in [0.05, 0.1) is 19.1 Å². The smallest absolute Gasteiger partial charge is 0.243 e. The lowest BCUT2D eigenvalue weighted by molar-refractivity contribution is -0.141. The van der Waals surface area contributed by atoms with Crippen LogP contribution in [0.4, 0.5) is 5.69 Å². The summed E-state index contributed by atoms with van der Waals surface area (Å²) in [6.45, 7) is 4.01. The molecule has 2 amide bonds. The summed E-state index contributed by atoms with van der Waals surface area (Å²) in [6.07, 6.45) is 1.74.